The zero-order chi connectivity index (χ0) is 14.7. The fraction of sp³-hybridized carbons (Fsp3) is 0.133. The molecule has 0 saturated carbocycles. The second kappa shape index (κ2) is 5.69. The van der Waals surface area contributed by atoms with Crippen LogP contribution < -0.4 is 11.1 Å². The maximum Gasteiger partial charge on any atom is 0.249 e. The third-order valence-corrected chi connectivity index (χ3v) is 3.08. The SMILES string of the molecule is Cc1c(NCc2ccc(F)cc2F)cccc1C(N)=O. The van der Waals surface area contributed by atoms with E-state index in [1.165, 1.54) is 12.1 Å². The van der Waals surface area contributed by atoms with E-state index in [1.54, 1.807) is 25.1 Å². The zero-order valence-corrected chi connectivity index (χ0v) is 10.9. The normalized spacial score (nSPS) is 10.3. The first-order valence-corrected chi connectivity index (χ1v) is 6.06. The maximum atomic E-state index is 13.5. The summed E-state index contributed by atoms with van der Waals surface area (Å²) >= 11 is 0. The van der Waals surface area contributed by atoms with Crippen molar-refractivity contribution in [1.29, 1.82) is 0 Å². The molecule has 0 heterocycles. The maximum absolute atomic E-state index is 13.5. The number of halogens is 2. The molecule has 0 radical (unpaired) electrons. The summed E-state index contributed by atoms with van der Waals surface area (Å²) in [5.41, 5.74) is 7.40. The number of amides is 1. The van der Waals surface area contributed by atoms with E-state index in [0.29, 0.717) is 22.4 Å². The summed E-state index contributed by atoms with van der Waals surface area (Å²) in [6.07, 6.45) is 0. The lowest BCUT2D eigenvalue weighted by Gasteiger charge is -2.12. The lowest BCUT2D eigenvalue weighted by atomic mass is 10.1. The van der Waals surface area contributed by atoms with Crippen LogP contribution in [0.15, 0.2) is 36.4 Å². The van der Waals surface area contributed by atoms with Gasteiger partial charge in [-0.25, -0.2) is 8.78 Å². The Morgan fingerprint density at radius 3 is 2.65 bits per heavy atom. The van der Waals surface area contributed by atoms with Crippen molar-refractivity contribution in [3.05, 3.63) is 64.7 Å². The Morgan fingerprint density at radius 2 is 2.00 bits per heavy atom. The van der Waals surface area contributed by atoms with Crippen molar-refractivity contribution >= 4 is 11.6 Å². The molecule has 3 N–H and O–H groups in total. The molecular weight excluding hydrogens is 262 g/mol. The Labute approximate surface area is 115 Å². The van der Waals surface area contributed by atoms with Crippen LogP contribution in [0.3, 0.4) is 0 Å². The molecule has 0 fully saturated rings. The Hall–Kier alpha value is -2.43. The highest BCUT2D eigenvalue weighted by Gasteiger charge is 2.09. The van der Waals surface area contributed by atoms with Crippen molar-refractivity contribution in [3.8, 4) is 0 Å². The molecule has 0 spiro atoms. The van der Waals surface area contributed by atoms with Gasteiger partial charge in [0.25, 0.3) is 0 Å². The summed E-state index contributed by atoms with van der Waals surface area (Å²) in [6, 6.07) is 8.50. The summed E-state index contributed by atoms with van der Waals surface area (Å²) in [5.74, 6) is -1.74. The predicted octanol–water partition coefficient (Wildman–Crippen LogP) is 2.98. The van der Waals surface area contributed by atoms with Crippen molar-refractivity contribution in [2.24, 2.45) is 5.73 Å². The molecule has 1 amide bonds. The molecular formula is C15H14F2N2O. The van der Waals surface area contributed by atoms with Crippen molar-refractivity contribution in [1.82, 2.24) is 0 Å². The molecule has 104 valence electrons. The number of benzene rings is 2. The van der Waals surface area contributed by atoms with Gasteiger partial charge in [0.1, 0.15) is 11.6 Å². The van der Waals surface area contributed by atoms with Crippen LogP contribution in [0.5, 0.6) is 0 Å². The van der Waals surface area contributed by atoms with E-state index in [9.17, 15) is 13.6 Å². The van der Waals surface area contributed by atoms with E-state index in [0.717, 1.165) is 6.07 Å². The van der Waals surface area contributed by atoms with Gasteiger partial charge >= 0.3 is 0 Å². The largest absolute Gasteiger partial charge is 0.381 e. The van der Waals surface area contributed by atoms with Gasteiger partial charge in [0.05, 0.1) is 0 Å². The third kappa shape index (κ3) is 2.93. The molecule has 0 atom stereocenters. The topological polar surface area (TPSA) is 55.1 Å². The lowest BCUT2D eigenvalue weighted by Crippen LogP contribution is -2.14. The van der Waals surface area contributed by atoms with Crippen LogP contribution in [0.2, 0.25) is 0 Å². The minimum absolute atomic E-state index is 0.190. The number of carbonyl (C=O) groups is 1. The Morgan fingerprint density at radius 1 is 1.25 bits per heavy atom. The number of rotatable bonds is 4. The second-order valence-electron chi connectivity index (χ2n) is 4.43. The van der Waals surface area contributed by atoms with Gasteiger partial charge in [0, 0.05) is 29.4 Å². The van der Waals surface area contributed by atoms with Crippen LogP contribution in [0.1, 0.15) is 21.5 Å². The average molecular weight is 276 g/mol. The first-order valence-electron chi connectivity index (χ1n) is 6.06. The minimum Gasteiger partial charge on any atom is -0.381 e. The van der Waals surface area contributed by atoms with E-state index in [1.807, 2.05) is 0 Å². The highest BCUT2D eigenvalue weighted by molar-refractivity contribution is 5.95. The van der Waals surface area contributed by atoms with Gasteiger partial charge in [-0.15, -0.1) is 0 Å². The number of nitrogens with one attached hydrogen (secondary N) is 1. The molecule has 0 aliphatic heterocycles. The standard InChI is InChI=1S/C15H14F2N2O/c1-9-12(15(18)20)3-2-4-14(9)19-8-10-5-6-11(16)7-13(10)17/h2-7,19H,8H2,1H3,(H2,18,20). The van der Waals surface area contributed by atoms with Gasteiger partial charge < -0.3 is 11.1 Å². The van der Waals surface area contributed by atoms with Crippen LogP contribution in [-0.2, 0) is 6.54 Å². The molecule has 2 aromatic rings. The fourth-order valence-electron chi connectivity index (χ4n) is 1.95. The summed E-state index contributed by atoms with van der Waals surface area (Å²) in [6.45, 7) is 1.94. The van der Waals surface area contributed by atoms with Crippen LogP contribution in [0.4, 0.5) is 14.5 Å². The number of carbonyl (C=O) groups excluding carboxylic acids is 1. The number of primary amides is 1. The number of anilines is 1. The van der Waals surface area contributed by atoms with Gasteiger partial charge in [0.2, 0.25) is 5.91 Å². The predicted molar refractivity (Wildman–Crippen MR) is 73.4 cm³/mol. The molecule has 2 aromatic carbocycles. The molecule has 3 nitrogen and oxygen atoms in total. The Balaban J connectivity index is 2.19. The van der Waals surface area contributed by atoms with Crippen LogP contribution in [0.25, 0.3) is 0 Å². The summed E-state index contributed by atoms with van der Waals surface area (Å²) in [5, 5.41) is 3.01. The molecule has 20 heavy (non-hydrogen) atoms. The highest BCUT2D eigenvalue weighted by atomic mass is 19.1. The zero-order valence-electron chi connectivity index (χ0n) is 10.9. The average Bonchev–Trinajstić information content (AvgIpc) is 2.39. The van der Waals surface area contributed by atoms with Gasteiger partial charge in [0.15, 0.2) is 0 Å². The summed E-state index contributed by atoms with van der Waals surface area (Å²) in [4.78, 5) is 11.2. The van der Waals surface area contributed by atoms with E-state index < -0.39 is 17.5 Å². The van der Waals surface area contributed by atoms with Gasteiger partial charge in [-0.05, 0) is 30.7 Å². The van der Waals surface area contributed by atoms with Crippen LogP contribution >= 0.6 is 0 Å². The van der Waals surface area contributed by atoms with Crippen LogP contribution in [0, 0.1) is 18.6 Å². The fourth-order valence-corrected chi connectivity index (χ4v) is 1.95. The van der Waals surface area contributed by atoms with E-state index >= 15 is 0 Å². The molecule has 0 bridgehead atoms. The highest BCUT2D eigenvalue weighted by Crippen LogP contribution is 2.20. The van der Waals surface area contributed by atoms with Crippen molar-refractivity contribution in [3.63, 3.8) is 0 Å². The van der Waals surface area contributed by atoms with Crippen LogP contribution in [-0.4, -0.2) is 5.91 Å². The first-order chi connectivity index (χ1) is 9.49. The summed E-state index contributed by atoms with van der Waals surface area (Å²) < 4.78 is 26.3. The smallest absolute Gasteiger partial charge is 0.249 e. The van der Waals surface area contributed by atoms with E-state index in [4.69, 9.17) is 5.73 Å². The third-order valence-electron chi connectivity index (χ3n) is 3.08. The first kappa shape index (κ1) is 14.0. The van der Waals surface area contributed by atoms with E-state index in [-0.39, 0.29) is 6.54 Å². The van der Waals surface area contributed by atoms with Crippen molar-refractivity contribution in [2.45, 2.75) is 13.5 Å². The number of hydrogen-bond donors (Lipinski definition) is 2. The minimum atomic E-state index is -0.613. The molecule has 0 unspecified atom stereocenters. The second-order valence-corrected chi connectivity index (χ2v) is 4.43. The molecule has 5 heteroatoms. The summed E-state index contributed by atoms with van der Waals surface area (Å²) in [7, 11) is 0. The van der Waals surface area contributed by atoms with Gasteiger partial charge in [-0.1, -0.05) is 12.1 Å². The van der Waals surface area contributed by atoms with Gasteiger partial charge in [-0.2, -0.15) is 0 Å². The van der Waals surface area contributed by atoms with Crippen molar-refractivity contribution < 1.29 is 13.6 Å². The molecule has 0 aliphatic carbocycles. The van der Waals surface area contributed by atoms with Gasteiger partial charge in [-0.3, -0.25) is 4.79 Å². The Kier molecular flexibility index (Phi) is 3.98. The molecule has 0 aromatic heterocycles. The van der Waals surface area contributed by atoms with Crippen molar-refractivity contribution in [2.75, 3.05) is 5.32 Å². The number of nitrogens with two attached hydrogens (primary N) is 1. The molecule has 0 aliphatic rings. The Bertz CT molecular complexity index is 656. The molecule has 0 saturated heterocycles. The quantitative estimate of drug-likeness (QED) is 0.902. The molecule has 2 rings (SSSR count). The van der Waals surface area contributed by atoms with E-state index in [2.05, 4.69) is 5.32 Å². The lowest BCUT2D eigenvalue weighted by molar-refractivity contribution is 0.1000. The monoisotopic (exact) mass is 276 g/mol. The number of hydrogen-bond acceptors (Lipinski definition) is 2.